The van der Waals surface area contributed by atoms with E-state index in [-0.39, 0.29) is 17.2 Å². The summed E-state index contributed by atoms with van der Waals surface area (Å²) >= 11 is 0. The zero-order valence-corrected chi connectivity index (χ0v) is 10.1. The SMILES string of the molecule is CNC(=O)c1ccccc1NC(=O)C(C)C(=O)O. The Balaban J connectivity index is 2.94. The topological polar surface area (TPSA) is 95.5 Å². The van der Waals surface area contributed by atoms with E-state index in [1.807, 2.05) is 0 Å². The summed E-state index contributed by atoms with van der Waals surface area (Å²) in [4.78, 5) is 33.8. The van der Waals surface area contributed by atoms with Crippen LogP contribution in [0.5, 0.6) is 0 Å². The molecular weight excluding hydrogens is 236 g/mol. The van der Waals surface area contributed by atoms with Crippen LogP contribution in [0.3, 0.4) is 0 Å². The van der Waals surface area contributed by atoms with Crippen molar-refractivity contribution in [2.45, 2.75) is 6.92 Å². The fourth-order valence-corrected chi connectivity index (χ4v) is 1.28. The number of carbonyl (C=O) groups excluding carboxylic acids is 2. The standard InChI is InChI=1S/C12H14N2O4/c1-7(12(17)18)10(15)14-9-6-4-3-5-8(9)11(16)13-2/h3-7H,1-2H3,(H,13,16)(H,14,15)(H,17,18). The predicted molar refractivity (Wildman–Crippen MR) is 65.3 cm³/mol. The van der Waals surface area contributed by atoms with Crippen LogP contribution in [-0.4, -0.2) is 29.9 Å². The van der Waals surface area contributed by atoms with Crippen LogP contribution in [-0.2, 0) is 9.59 Å². The van der Waals surface area contributed by atoms with Crippen molar-refractivity contribution in [3.05, 3.63) is 29.8 Å². The number of carboxylic acids is 1. The van der Waals surface area contributed by atoms with Gasteiger partial charge in [0.1, 0.15) is 5.92 Å². The number of benzene rings is 1. The minimum atomic E-state index is -1.22. The molecule has 0 saturated carbocycles. The third-order valence-corrected chi connectivity index (χ3v) is 2.42. The molecule has 6 nitrogen and oxygen atoms in total. The van der Waals surface area contributed by atoms with Crippen LogP contribution in [0.25, 0.3) is 0 Å². The van der Waals surface area contributed by atoms with Crippen molar-refractivity contribution in [1.82, 2.24) is 5.32 Å². The molecule has 1 aromatic carbocycles. The first-order valence-electron chi connectivity index (χ1n) is 5.32. The molecule has 0 spiro atoms. The molecule has 0 radical (unpaired) electrons. The van der Waals surface area contributed by atoms with Crippen molar-refractivity contribution in [2.24, 2.45) is 5.92 Å². The fraction of sp³-hybridized carbons (Fsp3) is 0.250. The Morgan fingerprint density at radius 3 is 2.39 bits per heavy atom. The molecule has 0 bridgehead atoms. The Bertz CT molecular complexity index is 485. The monoisotopic (exact) mass is 250 g/mol. The first-order valence-corrected chi connectivity index (χ1v) is 5.32. The average molecular weight is 250 g/mol. The summed E-state index contributed by atoms with van der Waals surface area (Å²) in [5.74, 6) is -3.42. The van der Waals surface area contributed by atoms with Gasteiger partial charge >= 0.3 is 5.97 Å². The maximum Gasteiger partial charge on any atom is 0.315 e. The second-order valence-corrected chi connectivity index (χ2v) is 3.67. The predicted octanol–water partition coefficient (Wildman–Crippen LogP) is 0.705. The minimum absolute atomic E-state index is 0.283. The Morgan fingerprint density at radius 2 is 1.83 bits per heavy atom. The first kappa shape index (κ1) is 13.7. The molecule has 3 N–H and O–H groups in total. The quantitative estimate of drug-likeness (QED) is 0.685. The van der Waals surface area contributed by atoms with Crippen molar-refractivity contribution < 1.29 is 19.5 Å². The Labute approximate surface area is 104 Å². The van der Waals surface area contributed by atoms with Crippen LogP contribution in [0.15, 0.2) is 24.3 Å². The lowest BCUT2D eigenvalue weighted by Gasteiger charge is -2.11. The van der Waals surface area contributed by atoms with Gasteiger partial charge in [-0.25, -0.2) is 0 Å². The number of anilines is 1. The van der Waals surface area contributed by atoms with E-state index >= 15 is 0 Å². The van der Waals surface area contributed by atoms with E-state index in [0.29, 0.717) is 0 Å². The van der Waals surface area contributed by atoms with Gasteiger partial charge in [-0.2, -0.15) is 0 Å². The normalized spacial score (nSPS) is 11.4. The molecule has 1 aromatic rings. The van der Waals surface area contributed by atoms with Crippen LogP contribution in [0.2, 0.25) is 0 Å². The smallest absolute Gasteiger partial charge is 0.315 e. The number of carboxylic acid groups (broad SMARTS) is 1. The summed E-state index contributed by atoms with van der Waals surface area (Å²) in [7, 11) is 1.47. The fourth-order valence-electron chi connectivity index (χ4n) is 1.28. The number of aliphatic carboxylic acids is 1. The molecule has 0 aliphatic heterocycles. The largest absolute Gasteiger partial charge is 0.481 e. The molecule has 0 aromatic heterocycles. The van der Waals surface area contributed by atoms with Crippen molar-refractivity contribution >= 4 is 23.5 Å². The minimum Gasteiger partial charge on any atom is -0.481 e. The van der Waals surface area contributed by atoms with Gasteiger partial charge in [0.15, 0.2) is 0 Å². The molecule has 6 heteroatoms. The van der Waals surface area contributed by atoms with Crippen LogP contribution < -0.4 is 10.6 Å². The molecule has 0 saturated heterocycles. The Hall–Kier alpha value is -2.37. The van der Waals surface area contributed by atoms with E-state index in [2.05, 4.69) is 10.6 Å². The Morgan fingerprint density at radius 1 is 1.22 bits per heavy atom. The third-order valence-electron chi connectivity index (χ3n) is 2.42. The summed E-state index contributed by atoms with van der Waals surface area (Å²) in [6, 6.07) is 6.38. The zero-order valence-electron chi connectivity index (χ0n) is 10.1. The maximum absolute atomic E-state index is 11.6. The summed E-state index contributed by atoms with van der Waals surface area (Å²) in [6.45, 7) is 1.28. The van der Waals surface area contributed by atoms with Gasteiger partial charge in [-0.15, -0.1) is 0 Å². The van der Waals surface area contributed by atoms with Crippen LogP contribution >= 0.6 is 0 Å². The van der Waals surface area contributed by atoms with E-state index in [9.17, 15) is 14.4 Å². The molecular formula is C12H14N2O4. The van der Waals surface area contributed by atoms with Gasteiger partial charge in [0.05, 0.1) is 11.3 Å². The van der Waals surface area contributed by atoms with Gasteiger partial charge in [-0.05, 0) is 19.1 Å². The number of amides is 2. The Kier molecular flexibility index (Phi) is 4.42. The van der Waals surface area contributed by atoms with Gasteiger partial charge in [0.2, 0.25) is 5.91 Å². The summed E-state index contributed by atoms with van der Waals surface area (Å²) in [5.41, 5.74) is 0.570. The molecule has 0 fully saturated rings. The van der Waals surface area contributed by atoms with Crippen LogP contribution in [0, 0.1) is 5.92 Å². The molecule has 18 heavy (non-hydrogen) atoms. The molecule has 0 aliphatic rings. The molecule has 96 valence electrons. The van der Waals surface area contributed by atoms with E-state index in [1.54, 1.807) is 18.2 Å². The number of carbonyl (C=O) groups is 3. The number of nitrogens with one attached hydrogen (secondary N) is 2. The van der Waals surface area contributed by atoms with Crippen molar-refractivity contribution in [3.8, 4) is 0 Å². The lowest BCUT2D eigenvalue weighted by molar-refractivity contribution is -0.144. The summed E-state index contributed by atoms with van der Waals surface area (Å²) < 4.78 is 0. The van der Waals surface area contributed by atoms with Crippen molar-refractivity contribution in [3.63, 3.8) is 0 Å². The highest BCUT2D eigenvalue weighted by Gasteiger charge is 2.21. The van der Waals surface area contributed by atoms with E-state index in [1.165, 1.54) is 20.0 Å². The highest BCUT2D eigenvalue weighted by atomic mass is 16.4. The number of hydrogen-bond acceptors (Lipinski definition) is 3. The molecule has 0 heterocycles. The summed E-state index contributed by atoms with van der Waals surface area (Å²) in [5, 5.41) is 13.6. The number of para-hydroxylation sites is 1. The highest BCUT2D eigenvalue weighted by Crippen LogP contribution is 2.15. The van der Waals surface area contributed by atoms with Crippen molar-refractivity contribution in [1.29, 1.82) is 0 Å². The number of rotatable bonds is 4. The van der Waals surface area contributed by atoms with Gasteiger partial charge in [0.25, 0.3) is 5.91 Å². The molecule has 0 aliphatic carbocycles. The van der Waals surface area contributed by atoms with E-state index in [4.69, 9.17) is 5.11 Å². The van der Waals surface area contributed by atoms with Gasteiger partial charge in [-0.1, -0.05) is 12.1 Å². The highest BCUT2D eigenvalue weighted by molar-refractivity contribution is 6.08. The molecule has 1 unspecified atom stereocenters. The maximum atomic E-state index is 11.6. The van der Waals surface area contributed by atoms with Crippen molar-refractivity contribution in [2.75, 3.05) is 12.4 Å². The van der Waals surface area contributed by atoms with Gasteiger partial charge in [-0.3, -0.25) is 14.4 Å². The zero-order chi connectivity index (χ0) is 13.7. The second-order valence-electron chi connectivity index (χ2n) is 3.67. The first-order chi connectivity index (χ1) is 8.47. The molecule has 1 rings (SSSR count). The van der Waals surface area contributed by atoms with Crippen LogP contribution in [0.1, 0.15) is 17.3 Å². The lowest BCUT2D eigenvalue weighted by Crippen LogP contribution is -2.28. The average Bonchev–Trinajstić information content (AvgIpc) is 2.37. The molecule has 1 atom stereocenters. The van der Waals surface area contributed by atoms with Gasteiger partial charge < -0.3 is 15.7 Å². The van der Waals surface area contributed by atoms with Crippen LogP contribution in [0.4, 0.5) is 5.69 Å². The summed E-state index contributed by atoms with van der Waals surface area (Å²) in [6.07, 6.45) is 0. The number of hydrogen-bond donors (Lipinski definition) is 3. The third kappa shape index (κ3) is 3.07. The van der Waals surface area contributed by atoms with E-state index in [0.717, 1.165) is 0 Å². The second kappa shape index (κ2) is 5.81. The van der Waals surface area contributed by atoms with Gasteiger partial charge in [0, 0.05) is 7.05 Å². The van der Waals surface area contributed by atoms with E-state index < -0.39 is 17.8 Å². The lowest BCUT2D eigenvalue weighted by atomic mass is 10.1. The molecule has 2 amide bonds.